The van der Waals surface area contributed by atoms with Gasteiger partial charge in [0.25, 0.3) is 5.91 Å². The van der Waals surface area contributed by atoms with Crippen LogP contribution in [0.4, 0.5) is 0 Å². The smallest absolute Gasteiger partial charge is 0.314 e. The molecule has 1 aromatic carbocycles. The van der Waals surface area contributed by atoms with Gasteiger partial charge in [-0.05, 0) is 50.3 Å². The van der Waals surface area contributed by atoms with E-state index in [2.05, 4.69) is 24.4 Å². The van der Waals surface area contributed by atoms with Gasteiger partial charge in [0.2, 0.25) is 0 Å². The Morgan fingerprint density at radius 1 is 1.22 bits per heavy atom. The quantitative estimate of drug-likeness (QED) is 0.381. The maximum Gasteiger partial charge on any atom is 0.314 e. The average Bonchev–Trinajstić information content (AvgIpc) is 2.62. The van der Waals surface area contributed by atoms with E-state index in [1.54, 1.807) is 13.8 Å². The zero-order valence-corrected chi connectivity index (χ0v) is 17.3. The van der Waals surface area contributed by atoms with Crippen LogP contribution in [-0.4, -0.2) is 30.8 Å². The molecule has 1 aromatic rings. The minimum atomic E-state index is -0.444. The molecule has 0 fully saturated rings. The first-order valence-electron chi connectivity index (χ1n) is 9.53. The van der Waals surface area contributed by atoms with Crippen molar-refractivity contribution in [3.63, 3.8) is 0 Å². The summed E-state index contributed by atoms with van der Waals surface area (Å²) in [5, 5.41) is 4.07. The zero-order chi connectivity index (χ0) is 20.4. The van der Waals surface area contributed by atoms with Gasteiger partial charge in [0.15, 0.2) is 6.61 Å². The number of rotatable bonds is 10. The van der Waals surface area contributed by atoms with Crippen molar-refractivity contribution >= 4 is 17.6 Å². The van der Waals surface area contributed by atoms with Crippen LogP contribution in [0.15, 0.2) is 23.3 Å². The standard InChI is InChI=1S/C21H32N2O4/c1-7-9-18(21(25)26-8-2)16(6)22-23-20(24)13-27-19-12-15(5)10-11-17(19)14(3)4/h10-12,14,18H,7-9,13H2,1-6H3,(H,23,24)/b22-16+/t18-/m1/s1. The maximum atomic E-state index is 12.1. The first-order chi connectivity index (χ1) is 12.8. The fraction of sp³-hybridized carbons (Fsp3) is 0.571. The lowest BCUT2D eigenvalue weighted by Crippen LogP contribution is -2.30. The van der Waals surface area contributed by atoms with E-state index < -0.39 is 5.92 Å². The lowest BCUT2D eigenvalue weighted by molar-refractivity contribution is -0.145. The van der Waals surface area contributed by atoms with Gasteiger partial charge >= 0.3 is 5.97 Å². The van der Waals surface area contributed by atoms with Gasteiger partial charge in [0, 0.05) is 5.71 Å². The van der Waals surface area contributed by atoms with Crippen LogP contribution in [-0.2, 0) is 14.3 Å². The van der Waals surface area contributed by atoms with Crippen molar-refractivity contribution in [3.8, 4) is 5.75 Å². The van der Waals surface area contributed by atoms with Crippen LogP contribution in [0.1, 0.15) is 64.5 Å². The van der Waals surface area contributed by atoms with Gasteiger partial charge in [0.1, 0.15) is 5.75 Å². The fourth-order valence-corrected chi connectivity index (χ4v) is 2.68. The Hall–Kier alpha value is -2.37. The molecule has 0 aromatic heterocycles. The molecular weight excluding hydrogens is 344 g/mol. The molecule has 27 heavy (non-hydrogen) atoms. The summed E-state index contributed by atoms with van der Waals surface area (Å²) in [5.74, 6) is -0.128. The molecular formula is C21H32N2O4. The number of aryl methyl sites for hydroxylation is 1. The third kappa shape index (κ3) is 7.41. The van der Waals surface area contributed by atoms with E-state index in [0.29, 0.717) is 30.4 Å². The molecule has 6 nitrogen and oxygen atoms in total. The third-order valence-electron chi connectivity index (χ3n) is 4.16. The largest absolute Gasteiger partial charge is 0.483 e. The van der Waals surface area contributed by atoms with Gasteiger partial charge in [0.05, 0.1) is 12.5 Å². The highest BCUT2D eigenvalue weighted by molar-refractivity contribution is 6.01. The number of benzene rings is 1. The topological polar surface area (TPSA) is 77.0 Å². The van der Waals surface area contributed by atoms with Crippen molar-refractivity contribution in [1.82, 2.24) is 5.43 Å². The molecule has 1 rings (SSSR count). The zero-order valence-electron chi connectivity index (χ0n) is 17.3. The minimum absolute atomic E-state index is 0.141. The summed E-state index contributed by atoms with van der Waals surface area (Å²) in [6.45, 7) is 11.8. The van der Waals surface area contributed by atoms with Crippen molar-refractivity contribution in [2.45, 2.75) is 60.3 Å². The van der Waals surface area contributed by atoms with Crippen LogP contribution in [0, 0.1) is 12.8 Å². The molecule has 1 amide bonds. The number of hydrogen-bond donors (Lipinski definition) is 1. The summed E-state index contributed by atoms with van der Waals surface area (Å²) in [5.41, 5.74) is 5.12. The molecule has 1 N–H and O–H groups in total. The lowest BCUT2D eigenvalue weighted by atomic mass is 9.99. The second-order valence-corrected chi connectivity index (χ2v) is 6.87. The third-order valence-corrected chi connectivity index (χ3v) is 4.16. The second-order valence-electron chi connectivity index (χ2n) is 6.87. The van der Waals surface area contributed by atoms with Crippen molar-refractivity contribution in [2.24, 2.45) is 11.0 Å². The van der Waals surface area contributed by atoms with E-state index in [-0.39, 0.29) is 18.5 Å². The van der Waals surface area contributed by atoms with Crippen molar-refractivity contribution in [2.75, 3.05) is 13.2 Å². The fourth-order valence-electron chi connectivity index (χ4n) is 2.68. The highest BCUT2D eigenvalue weighted by Crippen LogP contribution is 2.27. The van der Waals surface area contributed by atoms with Crippen LogP contribution in [0.3, 0.4) is 0 Å². The number of hydrogen-bond acceptors (Lipinski definition) is 5. The SMILES string of the molecule is CCC[C@@H](C(=O)OCC)/C(C)=N/NC(=O)COc1cc(C)ccc1C(C)C. The molecule has 0 unspecified atom stereocenters. The molecule has 150 valence electrons. The van der Waals surface area contributed by atoms with E-state index in [0.717, 1.165) is 17.5 Å². The summed E-state index contributed by atoms with van der Waals surface area (Å²) in [6, 6.07) is 5.97. The lowest BCUT2D eigenvalue weighted by Gasteiger charge is -2.15. The van der Waals surface area contributed by atoms with Gasteiger partial charge in [-0.2, -0.15) is 5.10 Å². The van der Waals surface area contributed by atoms with E-state index in [1.165, 1.54) is 0 Å². The molecule has 6 heteroatoms. The van der Waals surface area contributed by atoms with Gasteiger partial charge in [-0.3, -0.25) is 9.59 Å². The normalized spacial score (nSPS) is 12.6. The van der Waals surface area contributed by atoms with Crippen LogP contribution in [0.2, 0.25) is 0 Å². The second kappa shape index (κ2) is 11.4. The van der Waals surface area contributed by atoms with Crippen molar-refractivity contribution in [3.05, 3.63) is 29.3 Å². The molecule has 0 spiro atoms. The summed E-state index contributed by atoms with van der Waals surface area (Å²) < 4.78 is 10.8. The Morgan fingerprint density at radius 3 is 2.52 bits per heavy atom. The maximum absolute atomic E-state index is 12.1. The Kier molecular flexibility index (Phi) is 9.54. The molecule has 0 saturated heterocycles. The van der Waals surface area contributed by atoms with Crippen LogP contribution >= 0.6 is 0 Å². The Bertz CT molecular complexity index is 668. The van der Waals surface area contributed by atoms with Crippen molar-refractivity contribution in [1.29, 1.82) is 0 Å². The van der Waals surface area contributed by atoms with Gasteiger partial charge in [-0.1, -0.05) is 39.3 Å². The molecule has 0 heterocycles. The number of esters is 1. The minimum Gasteiger partial charge on any atom is -0.483 e. The van der Waals surface area contributed by atoms with Gasteiger partial charge < -0.3 is 9.47 Å². The average molecular weight is 376 g/mol. The number of carbonyl (C=O) groups excluding carboxylic acids is 2. The van der Waals surface area contributed by atoms with Crippen molar-refractivity contribution < 1.29 is 19.1 Å². The predicted molar refractivity (Wildman–Crippen MR) is 107 cm³/mol. The number of nitrogens with one attached hydrogen (secondary N) is 1. The van der Waals surface area contributed by atoms with Crippen LogP contribution in [0.25, 0.3) is 0 Å². The van der Waals surface area contributed by atoms with E-state index in [1.807, 2.05) is 32.0 Å². The summed E-state index contributed by atoms with van der Waals surface area (Å²) in [6.07, 6.45) is 1.44. The molecule has 0 aliphatic rings. The monoisotopic (exact) mass is 376 g/mol. The van der Waals surface area contributed by atoms with Gasteiger partial charge in [-0.15, -0.1) is 0 Å². The molecule has 0 bridgehead atoms. The summed E-state index contributed by atoms with van der Waals surface area (Å²) >= 11 is 0. The molecule has 0 aliphatic carbocycles. The number of carbonyl (C=O) groups is 2. The molecule has 1 atom stereocenters. The highest BCUT2D eigenvalue weighted by atomic mass is 16.5. The first kappa shape index (κ1) is 22.7. The Morgan fingerprint density at radius 2 is 1.93 bits per heavy atom. The van der Waals surface area contributed by atoms with E-state index in [4.69, 9.17) is 9.47 Å². The molecule has 0 saturated carbocycles. The summed E-state index contributed by atoms with van der Waals surface area (Å²) in [4.78, 5) is 24.1. The number of hydrazone groups is 1. The van der Waals surface area contributed by atoms with Gasteiger partial charge in [-0.25, -0.2) is 5.43 Å². The van der Waals surface area contributed by atoms with E-state index in [9.17, 15) is 9.59 Å². The highest BCUT2D eigenvalue weighted by Gasteiger charge is 2.22. The van der Waals surface area contributed by atoms with Crippen LogP contribution < -0.4 is 10.2 Å². The Balaban J connectivity index is 2.70. The molecule has 0 radical (unpaired) electrons. The van der Waals surface area contributed by atoms with Crippen LogP contribution in [0.5, 0.6) is 5.75 Å². The summed E-state index contributed by atoms with van der Waals surface area (Å²) in [7, 11) is 0. The predicted octanol–water partition coefficient (Wildman–Crippen LogP) is 3.97. The molecule has 0 aliphatic heterocycles. The number of ether oxygens (including phenoxy) is 2. The first-order valence-corrected chi connectivity index (χ1v) is 9.53. The Labute approximate surface area is 162 Å². The number of amides is 1. The van der Waals surface area contributed by atoms with E-state index >= 15 is 0 Å². The number of nitrogens with zero attached hydrogens (tertiary/aromatic N) is 1.